The van der Waals surface area contributed by atoms with Gasteiger partial charge in [-0.2, -0.15) is 0 Å². The summed E-state index contributed by atoms with van der Waals surface area (Å²) in [5, 5.41) is 5.68. The Bertz CT molecular complexity index is 489. The molecule has 0 radical (unpaired) electrons. The number of carbonyl (C=O) groups excluding carboxylic acids is 2. The summed E-state index contributed by atoms with van der Waals surface area (Å²) >= 11 is 0. The fourth-order valence-electron chi connectivity index (χ4n) is 2.23. The maximum atomic E-state index is 12.5. The van der Waals surface area contributed by atoms with Gasteiger partial charge in [-0.1, -0.05) is 6.92 Å². The Morgan fingerprint density at radius 1 is 1.63 bits per heavy atom. The zero-order valence-electron chi connectivity index (χ0n) is 11.1. The lowest BCUT2D eigenvalue weighted by molar-refractivity contribution is -0.127. The number of piperazine rings is 1. The molecule has 1 unspecified atom stereocenters. The lowest BCUT2D eigenvalue weighted by atomic mass is 10.1. The molecule has 102 valence electrons. The predicted octanol–water partition coefficient (Wildman–Crippen LogP) is 0.474. The van der Waals surface area contributed by atoms with Crippen molar-refractivity contribution in [3.8, 4) is 0 Å². The van der Waals surface area contributed by atoms with E-state index in [4.69, 9.17) is 0 Å². The Morgan fingerprint density at radius 2 is 2.42 bits per heavy atom. The van der Waals surface area contributed by atoms with Gasteiger partial charge in [-0.25, -0.2) is 4.98 Å². The molecule has 2 amide bonds. The van der Waals surface area contributed by atoms with Crippen LogP contribution in [-0.4, -0.2) is 47.9 Å². The van der Waals surface area contributed by atoms with Gasteiger partial charge in [0.05, 0.1) is 0 Å². The molecule has 0 spiro atoms. The topological polar surface area (TPSA) is 74.3 Å². The predicted molar refractivity (Wildman–Crippen MR) is 71.9 cm³/mol. The lowest BCUT2D eigenvalue weighted by Gasteiger charge is -2.34. The quantitative estimate of drug-likeness (QED) is 0.830. The highest BCUT2D eigenvalue weighted by Gasteiger charge is 2.32. The average molecular weight is 262 g/mol. The number of pyridine rings is 1. The smallest absolute Gasteiger partial charge is 0.254 e. The van der Waals surface area contributed by atoms with Crippen molar-refractivity contribution < 1.29 is 9.59 Å². The highest BCUT2D eigenvalue weighted by molar-refractivity contribution is 5.98. The first-order valence-corrected chi connectivity index (χ1v) is 6.40. The second kappa shape index (κ2) is 5.69. The van der Waals surface area contributed by atoms with E-state index >= 15 is 0 Å². The fourth-order valence-corrected chi connectivity index (χ4v) is 2.23. The van der Waals surface area contributed by atoms with Crippen molar-refractivity contribution >= 4 is 17.6 Å². The molecular formula is C13H18N4O2. The SMILES string of the molecule is CCC1C(=O)NCCN1C(=O)c1ccnc(NC)c1. The van der Waals surface area contributed by atoms with E-state index in [0.717, 1.165) is 0 Å². The van der Waals surface area contributed by atoms with Gasteiger partial charge in [0, 0.05) is 31.9 Å². The minimum absolute atomic E-state index is 0.0787. The summed E-state index contributed by atoms with van der Waals surface area (Å²) in [6.07, 6.45) is 2.20. The molecule has 6 nitrogen and oxygen atoms in total. The molecule has 1 atom stereocenters. The van der Waals surface area contributed by atoms with E-state index in [9.17, 15) is 9.59 Å². The third kappa shape index (κ3) is 2.67. The van der Waals surface area contributed by atoms with Crippen LogP contribution >= 0.6 is 0 Å². The van der Waals surface area contributed by atoms with Gasteiger partial charge >= 0.3 is 0 Å². The molecule has 0 saturated carbocycles. The number of rotatable bonds is 3. The van der Waals surface area contributed by atoms with E-state index in [1.807, 2.05) is 6.92 Å². The number of carbonyl (C=O) groups is 2. The number of nitrogens with zero attached hydrogens (tertiary/aromatic N) is 2. The summed E-state index contributed by atoms with van der Waals surface area (Å²) in [5.41, 5.74) is 0.549. The third-order valence-corrected chi connectivity index (χ3v) is 3.24. The van der Waals surface area contributed by atoms with Crippen molar-refractivity contribution in [1.82, 2.24) is 15.2 Å². The van der Waals surface area contributed by atoms with E-state index in [1.54, 1.807) is 30.3 Å². The van der Waals surface area contributed by atoms with Crippen LogP contribution in [0.5, 0.6) is 0 Å². The average Bonchev–Trinajstić information content (AvgIpc) is 2.46. The van der Waals surface area contributed by atoms with Gasteiger partial charge in [0.1, 0.15) is 11.9 Å². The highest BCUT2D eigenvalue weighted by Crippen LogP contribution is 2.15. The third-order valence-electron chi connectivity index (χ3n) is 3.24. The Labute approximate surface area is 112 Å². The van der Waals surface area contributed by atoms with E-state index in [2.05, 4.69) is 15.6 Å². The second-order valence-electron chi connectivity index (χ2n) is 4.39. The first-order valence-electron chi connectivity index (χ1n) is 6.40. The van der Waals surface area contributed by atoms with Crippen LogP contribution in [0.1, 0.15) is 23.7 Å². The molecule has 1 aliphatic heterocycles. The summed E-state index contributed by atoms with van der Waals surface area (Å²) in [6.45, 7) is 2.95. The standard InChI is InChI=1S/C13H18N4O2/c1-3-10-12(18)16-6-7-17(10)13(19)9-4-5-15-11(8-9)14-2/h4-5,8,10H,3,6-7H2,1-2H3,(H,14,15)(H,16,18). The van der Waals surface area contributed by atoms with Gasteiger partial charge in [0.15, 0.2) is 0 Å². The van der Waals surface area contributed by atoms with Gasteiger partial charge in [-0.3, -0.25) is 9.59 Å². The van der Waals surface area contributed by atoms with Crippen molar-refractivity contribution in [2.75, 3.05) is 25.5 Å². The molecule has 1 aromatic heterocycles. The zero-order valence-corrected chi connectivity index (χ0v) is 11.1. The van der Waals surface area contributed by atoms with E-state index in [1.165, 1.54) is 0 Å². The summed E-state index contributed by atoms with van der Waals surface area (Å²) in [6, 6.07) is 2.98. The highest BCUT2D eigenvalue weighted by atomic mass is 16.2. The normalized spacial score (nSPS) is 18.9. The molecule has 1 aliphatic rings. The molecule has 2 N–H and O–H groups in total. The maximum Gasteiger partial charge on any atom is 0.254 e. The number of amides is 2. The number of aromatic nitrogens is 1. The number of hydrogen-bond acceptors (Lipinski definition) is 4. The molecule has 2 rings (SSSR count). The van der Waals surface area contributed by atoms with E-state index < -0.39 is 0 Å². The van der Waals surface area contributed by atoms with Crippen LogP contribution in [0.4, 0.5) is 5.82 Å². The molecule has 0 aromatic carbocycles. The van der Waals surface area contributed by atoms with Gasteiger partial charge in [-0.05, 0) is 18.6 Å². The molecule has 2 heterocycles. The molecular weight excluding hydrogens is 244 g/mol. The van der Waals surface area contributed by atoms with Crippen molar-refractivity contribution in [2.24, 2.45) is 0 Å². The van der Waals surface area contributed by atoms with Crippen LogP contribution in [0.2, 0.25) is 0 Å². The van der Waals surface area contributed by atoms with E-state index in [0.29, 0.717) is 30.9 Å². The van der Waals surface area contributed by atoms with E-state index in [-0.39, 0.29) is 17.9 Å². The second-order valence-corrected chi connectivity index (χ2v) is 4.39. The lowest BCUT2D eigenvalue weighted by Crippen LogP contribution is -2.56. The molecule has 1 saturated heterocycles. The van der Waals surface area contributed by atoms with Crippen molar-refractivity contribution in [3.63, 3.8) is 0 Å². The van der Waals surface area contributed by atoms with Crippen LogP contribution in [0.25, 0.3) is 0 Å². The Balaban J connectivity index is 2.24. The van der Waals surface area contributed by atoms with Gasteiger partial charge in [-0.15, -0.1) is 0 Å². The molecule has 0 aliphatic carbocycles. The van der Waals surface area contributed by atoms with Gasteiger partial charge < -0.3 is 15.5 Å². The summed E-state index contributed by atoms with van der Waals surface area (Å²) in [5.74, 6) is 0.436. The van der Waals surface area contributed by atoms with Crippen LogP contribution in [0, 0.1) is 0 Å². The molecule has 0 bridgehead atoms. The summed E-state index contributed by atoms with van der Waals surface area (Å²) in [4.78, 5) is 29.9. The van der Waals surface area contributed by atoms with Crippen molar-refractivity contribution in [2.45, 2.75) is 19.4 Å². The molecule has 1 fully saturated rings. The largest absolute Gasteiger partial charge is 0.373 e. The van der Waals surface area contributed by atoms with Crippen molar-refractivity contribution in [1.29, 1.82) is 0 Å². The number of anilines is 1. The Morgan fingerprint density at radius 3 is 3.11 bits per heavy atom. The minimum atomic E-state index is -0.382. The van der Waals surface area contributed by atoms with Gasteiger partial charge in [0.2, 0.25) is 5.91 Å². The Hall–Kier alpha value is -2.11. The molecule has 1 aromatic rings. The van der Waals surface area contributed by atoms with Gasteiger partial charge in [0.25, 0.3) is 5.91 Å². The number of nitrogens with one attached hydrogen (secondary N) is 2. The minimum Gasteiger partial charge on any atom is -0.373 e. The van der Waals surface area contributed by atoms with Crippen molar-refractivity contribution in [3.05, 3.63) is 23.9 Å². The maximum absolute atomic E-state index is 12.5. The molecule has 6 heteroatoms. The van der Waals surface area contributed by atoms with Crippen LogP contribution in [-0.2, 0) is 4.79 Å². The first kappa shape index (κ1) is 13.3. The van der Waals surface area contributed by atoms with Crippen LogP contribution in [0.15, 0.2) is 18.3 Å². The first-order chi connectivity index (χ1) is 9.17. The summed E-state index contributed by atoms with van der Waals surface area (Å²) < 4.78 is 0. The molecule has 19 heavy (non-hydrogen) atoms. The monoisotopic (exact) mass is 262 g/mol. The zero-order chi connectivity index (χ0) is 13.8. The Kier molecular flexibility index (Phi) is 3.99. The van der Waals surface area contributed by atoms with Crippen LogP contribution < -0.4 is 10.6 Å². The summed E-state index contributed by atoms with van der Waals surface area (Å²) in [7, 11) is 1.75. The van der Waals surface area contributed by atoms with Crippen LogP contribution in [0.3, 0.4) is 0 Å². The fraction of sp³-hybridized carbons (Fsp3) is 0.462. The number of hydrogen-bond donors (Lipinski definition) is 2.